The van der Waals surface area contributed by atoms with Crippen molar-refractivity contribution >= 4 is 5.84 Å². The lowest BCUT2D eigenvalue weighted by atomic mass is 9.97. The summed E-state index contributed by atoms with van der Waals surface area (Å²) in [6.45, 7) is 4.25. The molecule has 14 heavy (non-hydrogen) atoms. The summed E-state index contributed by atoms with van der Waals surface area (Å²) >= 11 is 0. The number of rotatable bonds is 4. The third kappa shape index (κ3) is 2.47. The lowest BCUT2D eigenvalue weighted by molar-refractivity contribution is 0.349. The van der Waals surface area contributed by atoms with Crippen LogP contribution in [0.3, 0.4) is 0 Å². The van der Waals surface area contributed by atoms with E-state index in [1.807, 2.05) is 0 Å². The van der Waals surface area contributed by atoms with Crippen molar-refractivity contribution in [1.29, 1.82) is 0 Å². The fourth-order valence-corrected chi connectivity index (χ4v) is 1.68. The summed E-state index contributed by atoms with van der Waals surface area (Å²) in [6.07, 6.45) is 4.47. The Balaban J connectivity index is 2.62. The maximum atomic E-state index is 12.8. The average Bonchev–Trinajstić information content (AvgIpc) is 2.19. The van der Waals surface area contributed by atoms with Crippen molar-refractivity contribution in [1.82, 2.24) is 5.32 Å². The van der Waals surface area contributed by atoms with E-state index >= 15 is 0 Å². The van der Waals surface area contributed by atoms with Gasteiger partial charge in [0.25, 0.3) is 0 Å². The molecule has 0 amide bonds. The molecule has 0 spiro atoms. The molecule has 0 saturated carbocycles. The Hall–Kier alpha value is -1.06. The monoisotopic (exact) mass is 199 g/mol. The zero-order chi connectivity index (χ0) is 10.6. The van der Waals surface area contributed by atoms with Gasteiger partial charge in [0.05, 0.1) is 0 Å². The van der Waals surface area contributed by atoms with Crippen LogP contribution in [0.2, 0.25) is 0 Å². The molecule has 0 saturated heterocycles. The van der Waals surface area contributed by atoms with Gasteiger partial charge in [-0.1, -0.05) is 20.3 Å². The summed E-state index contributed by atoms with van der Waals surface area (Å²) in [5, 5.41) is 2.93. The van der Waals surface area contributed by atoms with Crippen LogP contribution >= 0.6 is 0 Å². The van der Waals surface area contributed by atoms with Crippen LogP contribution in [0.1, 0.15) is 33.1 Å². The molecule has 1 aliphatic rings. The molecule has 0 aromatic carbocycles. The van der Waals surface area contributed by atoms with Gasteiger partial charge in [-0.3, -0.25) is 0 Å². The van der Waals surface area contributed by atoms with Gasteiger partial charge >= 0.3 is 0 Å². The molecule has 2 atom stereocenters. The van der Waals surface area contributed by atoms with Gasteiger partial charge in [0.1, 0.15) is 6.17 Å². The molecule has 0 aromatic heterocycles. The summed E-state index contributed by atoms with van der Waals surface area (Å²) in [5.41, 5.74) is 5.42. The lowest BCUT2D eigenvalue weighted by Crippen LogP contribution is -2.37. The van der Waals surface area contributed by atoms with Gasteiger partial charge in [0.15, 0.2) is 11.7 Å². The van der Waals surface area contributed by atoms with Crippen molar-refractivity contribution in [2.24, 2.45) is 16.6 Å². The predicted octanol–water partition coefficient (Wildman–Crippen LogP) is 1.91. The number of aliphatic imine (C=N–C) groups is 1. The molecule has 0 radical (unpaired) electrons. The topological polar surface area (TPSA) is 50.4 Å². The smallest absolute Gasteiger partial charge is 0.180 e. The second kappa shape index (κ2) is 4.98. The van der Waals surface area contributed by atoms with Gasteiger partial charge < -0.3 is 11.1 Å². The van der Waals surface area contributed by atoms with Crippen LogP contribution in [-0.4, -0.2) is 12.0 Å². The molecule has 1 heterocycles. The van der Waals surface area contributed by atoms with E-state index in [4.69, 9.17) is 5.73 Å². The molecular weight excluding hydrogens is 181 g/mol. The molecular formula is C10H18FN3. The van der Waals surface area contributed by atoms with Crippen LogP contribution in [0.25, 0.3) is 0 Å². The quantitative estimate of drug-likeness (QED) is 0.726. The van der Waals surface area contributed by atoms with Crippen LogP contribution in [0.5, 0.6) is 0 Å². The van der Waals surface area contributed by atoms with Crippen LogP contribution in [0.15, 0.2) is 17.0 Å². The third-order valence-electron chi connectivity index (χ3n) is 2.53. The number of nitrogens with two attached hydrogens (primary N) is 1. The minimum Gasteiger partial charge on any atom is -0.381 e. The van der Waals surface area contributed by atoms with Crippen LogP contribution < -0.4 is 11.1 Å². The van der Waals surface area contributed by atoms with Gasteiger partial charge in [-0.25, -0.2) is 9.38 Å². The third-order valence-corrected chi connectivity index (χ3v) is 2.53. The zero-order valence-electron chi connectivity index (χ0n) is 8.76. The second-order valence-corrected chi connectivity index (χ2v) is 3.58. The van der Waals surface area contributed by atoms with Crippen LogP contribution in [-0.2, 0) is 0 Å². The Morgan fingerprint density at radius 2 is 2.36 bits per heavy atom. The Kier molecular flexibility index (Phi) is 3.92. The van der Waals surface area contributed by atoms with Gasteiger partial charge in [-0.15, -0.1) is 0 Å². The van der Waals surface area contributed by atoms with E-state index < -0.39 is 5.83 Å². The number of nitrogens with zero attached hydrogens (tertiary/aromatic N) is 1. The van der Waals surface area contributed by atoms with E-state index in [2.05, 4.69) is 24.2 Å². The number of halogens is 1. The van der Waals surface area contributed by atoms with E-state index in [0.29, 0.717) is 5.92 Å². The second-order valence-electron chi connectivity index (χ2n) is 3.58. The SMILES string of the molecule is CCCC(CC)C1N=C(N)C(F)=CN1. The summed E-state index contributed by atoms with van der Waals surface area (Å²) in [6, 6.07) is 0. The number of hydrogen-bond acceptors (Lipinski definition) is 3. The van der Waals surface area contributed by atoms with E-state index in [0.717, 1.165) is 19.3 Å². The maximum absolute atomic E-state index is 12.8. The number of nitrogens with one attached hydrogen (secondary N) is 1. The molecule has 1 rings (SSSR count). The maximum Gasteiger partial charge on any atom is 0.180 e. The molecule has 3 nitrogen and oxygen atoms in total. The molecule has 1 aliphatic heterocycles. The van der Waals surface area contributed by atoms with Crippen molar-refractivity contribution in [3.05, 3.63) is 12.0 Å². The van der Waals surface area contributed by atoms with Crippen molar-refractivity contribution in [2.75, 3.05) is 0 Å². The highest BCUT2D eigenvalue weighted by Crippen LogP contribution is 2.19. The van der Waals surface area contributed by atoms with Gasteiger partial charge in [-0.2, -0.15) is 0 Å². The Labute approximate surface area is 84.3 Å². The summed E-state index contributed by atoms with van der Waals surface area (Å²) < 4.78 is 12.8. The fourth-order valence-electron chi connectivity index (χ4n) is 1.68. The number of amidine groups is 1. The molecule has 3 N–H and O–H groups in total. The van der Waals surface area contributed by atoms with E-state index in [9.17, 15) is 4.39 Å². The summed E-state index contributed by atoms with van der Waals surface area (Å²) in [5.74, 6) is -0.0150. The first-order valence-electron chi connectivity index (χ1n) is 5.14. The average molecular weight is 199 g/mol. The molecule has 0 fully saturated rings. The van der Waals surface area contributed by atoms with E-state index in [1.165, 1.54) is 6.20 Å². The fraction of sp³-hybridized carbons (Fsp3) is 0.700. The first-order valence-corrected chi connectivity index (χ1v) is 5.14. The predicted molar refractivity (Wildman–Crippen MR) is 56.4 cm³/mol. The summed E-state index contributed by atoms with van der Waals surface area (Å²) in [7, 11) is 0. The highest BCUT2D eigenvalue weighted by Gasteiger charge is 2.21. The first kappa shape index (κ1) is 11.0. The molecule has 2 unspecified atom stereocenters. The molecule has 0 aliphatic carbocycles. The highest BCUT2D eigenvalue weighted by atomic mass is 19.1. The van der Waals surface area contributed by atoms with Gasteiger partial charge in [0, 0.05) is 6.20 Å². The van der Waals surface area contributed by atoms with Crippen molar-refractivity contribution < 1.29 is 4.39 Å². The Bertz CT molecular complexity index is 248. The van der Waals surface area contributed by atoms with Crippen molar-refractivity contribution in [3.8, 4) is 0 Å². The largest absolute Gasteiger partial charge is 0.381 e. The van der Waals surface area contributed by atoms with Gasteiger partial charge in [0.2, 0.25) is 0 Å². The standard InChI is InChI=1S/C10H18FN3/c1-3-5-7(4-2)10-13-6-8(11)9(12)14-10/h6-7,10,13H,3-5H2,1-2H3,(H2,12,14). The zero-order valence-corrected chi connectivity index (χ0v) is 8.76. The lowest BCUT2D eigenvalue weighted by Gasteiger charge is -2.25. The molecule has 80 valence electrons. The van der Waals surface area contributed by atoms with Crippen LogP contribution in [0, 0.1) is 5.92 Å². The Morgan fingerprint density at radius 1 is 1.64 bits per heavy atom. The van der Waals surface area contributed by atoms with E-state index in [-0.39, 0.29) is 12.0 Å². The Morgan fingerprint density at radius 3 is 2.86 bits per heavy atom. The molecule has 4 heteroatoms. The minimum atomic E-state index is -0.465. The highest BCUT2D eigenvalue weighted by molar-refractivity contribution is 5.95. The first-order chi connectivity index (χ1) is 6.69. The molecule has 0 bridgehead atoms. The van der Waals surface area contributed by atoms with E-state index in [1.54, 1.807) is 0 Å². The van der Waals surface area contributed by atoms with Crippen LogP contribution in [0.4, 0.5) is 4.39 Å². The molecule has 0 aromatic rings. The van der Waals surface area contributed by atoms with Crippen molar-refractivity contribution in [2.45, 2.75) is 39.3 Å². The minimum absolute atomic E-state index is 0.0169. The normalized spacial score (nSPS) is 23.5. The van der Waals surface area contributed by atoms with Gasteiger partial charge in [-0.05, 0) is 18.8 Å². The number of hydrogen-bond donors (Lipinski definition) is 2. The van der Waals surface area contributed by atoms with Crippen molar-refractivity contribution in [3.63, 3.8) is 0 Å². The summed E-state index contributed by atoms with van der Waals surface area (Å²) in [4.78, 5) is 4.09.